The number of phenols is 1. The van der Waals surface area contributed by atoms with Crippen molar-refractivity contribution < 1.29 is 5.11 Å². The molecule has 0 unspecified atom stereocenters. The Labute approximate surface area is 146 Å². The van der Waals surface area contributed by atoms with Gasteiger partial charge in [0.1, 0.15) is 5.75 Å². The highest BCUT2D eigenvalue weighted by Crippen LogP contribution is 2.40. The molecule has 0 amide bonds. The molecule has 24 heavy (non-hydrogen) atoms. The Morgan fingerprint density at radius 2 is 1.42 bits per heavy atom. The molecule has 2 rings (SSSR count). The molecule has 0 saturated heterocycles. The summed E-state index contributed by atoms with van der Waals surface area (Å²) in [5, 5.41) is 10.8. The van der Waals surface area contributed by atoms with Crippen molar-refractivity contribution in [2.24, 2.45) is 0 Å². The van der Waals surface area contributed by atoms with Crippen LogP contribution in [0.4, 0.5) is 0 Å². The molecule has 1 N–H and O–H groups in total. The molecule has 1 aromatic carbocycles. The third-order valence-electron chi connectivity index (χ3n) is 4.10. The fourth-order valence-corrected chi connectivity index (χ4v) is 2.74. The van der Waals surface area contributed by atoms with Crippen molar-refractivity contribution in [3.63, 3.8) is 0 Å². The van der Waals surface area contributed by atoms with Crippen LogP contribution in [-0.4, -0.2) is 10.1 Å². The molecular formula is C22H29NO. The Balaban J connectivity index is 2.54. The maximum Gasteiger partial charge on any atom is 0.123 e. The fourth-order valence-electron chi connectivity index (χ4n) is 2.74. The Morgan fingerprint density at radius 3 is 1.88 bits per heavy atom. The van der Waals surface area contributed by atoms with Crippen LogP contribution in [0.5, 0.6) is 5.75 Å². The van der Waals surface area contributed by atoms with Gasteiger partial charge >= 0.3 is 0 Å². The van der Waals surface area contributed by atoms with Crippen LogP contribution in [0.3, 0.4) is 0 Å². The average Bonchev–Trinajstić information content (AvgIpc) is 2.43. The molecule has 0 bridgehead atoms. The van der Waals surface area contributed by atoms with Gasteiger partial charge in [-0.05, 0) is 53.7 Å². The number of rotatable bonds is 2. The summed E-state index contributed by atoms with van der Waals surface area (Å²) in [4.78, 5) is 4.51. The molecular weight excluding hydrogens is 294 g/mol. The van der Waals surface area contributed by atoms with E-state index in [0.29, 0.717) is 5.75 Å². The SMILES string of the molecule is Cc1cccc(C=Cc2cc(C(C)(C)C)c(O)c(C(C)(C)C)c2)n1. The summed E-state index contributed by atoms with van der Waals surface area (Å²) >= 11 is 0. The summed E-state index contributed by atoms with van der Waals surface area (Å²) in [6.45, 7) is 14.8. The normalized spacial score (nSPS) is 12.8. The first kappa shape index (κ1) is 18.3. The molecule has 0 aliphatic heterocycles. The smallest absolute Gasteiger partial charge is 0.123 e. The van der Waals surface area contributed by atoms with Gasteiger partial charge in [-0.1, -0.05) is 53.7 Å². The highest BCUT2D eigenvalue weighted by atomic mass is 16.3. The molecule has 0 aliphatic rings. The third-order valence-corrected chi connectivity index (χ3v) is 4.10. The van der Waals surface area contributed by atoms with Gasteiger partial charge in [-0.2, -0.15) is 0 Å². The molecule has 1 heterocycles. The maximum absolute atomic E-state index is 10.8. The number of phenolic OH excluding ortho intramolecular Hbond substituents is 1. The third kappa shape index (κ3) is 4.25. The standard InChI is InChI=1S/C22H29NO/c1-15-9-8-10-17(23-15)12-11-16-13-18(21(2,3)4)20(24)19(14-16)22(5,6)7/h8-14,24H,1-7H3. The number of nitrogens with zero attached hydrogens (tertiary/aromatic N) is 1. The second-order valence-electron chi connectivity index (χ2n) is 8.50. The van der Waals surface area contributed by atoms with Gasteiger partial charge in [0.2, 0.25) is 0 Å². The topological polar surface area (TPSA) is 33.1 Å². The van der Waals surface area contributed by atoms with E-state index in [1.165, 1.54) is 0 Å². The van der Waals surface area contributed by atoms with Gasteiger partial charge < -0.3 is 5.11 Å². The largest absolute Gasteiger partial charge is 0.507 e. The molecule has 128 valence electrons. The molecule has 2 heteroatoms. The molecule has 2 aromatic rings. The van der Waals surface area contributed by atoms with E-state index in [4.69, 9.17) is 0 Å². The maximum atomic E-state index is 10.8. The average molecular weight is 323 g/mol. The van der Waals surface area contributed by atoms with E-state index >= 15 is 0 Å². The van der Waals surface area contributed by atoms with Crippen molar-refractivity contribution in [1.82, 2.24) is 4.98 Å². The van der Waals surface area contributed by atoms with Crippen LogP contribution in [-0.2, 0) is 10.8 Å². The van der Waals surface area contributed by atoms with Crippen LogP contribution in [0, 0.1) is 6.92 Å². The molecule has 2 nitrogen and oxygen atoms in total. The van der Waals surface area contributed by atoms with E-state index in [9.17, 15) is 5.11 Å². The van der Waals surface area contributed by atoms with Crippen LogP contribution in [0.1, 0.15) is 69.6 Å². The first-order chi connectivity index (χ1) is 11.0. The second kappa shape index (κ2) is 6.43. The van der Waals surface area contributed by atoms with Crippen molar-refractivity contribution in [2.45, 2.75) is 59.3 Å². The van der Waals surface area contributed by atoms with Gasteiger partial charge in [0.15, 0.2) is 0 Å². The van der Waals surface area contributed by atoms with E-state index in [1.54, 1.807) is 0 Å². The van der Waals surface area contributed by atoms with Gasteiger partial charge in [0, 0.05) is 16.8 Å². The zero-order valence-corrected chi connectivity index (χ0v) is 15.9. The summed E-state index contributed by atoms with van der Waals surface area (Å²) in [5.74, 6) is 0.417. The number of benzene rings is 1. The molecule has 0 saturated carbocycles. The predicted octanol–water partition coefficient (Wildman–Crippen LogP) is 5.86. The van der Waals surface area contributed by atoms with Crippen LogP contribution >= 0.6 is 0 Å². The van der Waals surface area contributed by atoms with Gasteiger partial charge in [-0.15, -0.1) is 0 Å². The second-order valence-corrected chi connectivity index (χ2v) is 8.50. The van der Waals surface area contributed by atoms with Crippen molar-refractivity contribution in [1.29, 1.82) is 0 Å². The lowest BCUT2D eigenvalue weighted by Gasteiger charge is -2.27. The van der Waals surface area contributed by atoms with Crippen LogP contribution < -0.4 is 0 Å². The molecule has 0 spiro atoms. The number of aryl methyl sites for hydroxylation is 1. The van der Waals surface area contributed by atoms with Gasteiger partial charge in [0.05, 0.1) is 5.69 Å². The molecule has 0 radical (unpaired) electrons. The molecule has 0 aliphatic carbocycles. The van der Waals surface area contributed by atoms with Crippen LogP contribution in [0.2, 0.25) is 0 Å². The molecule has 0 fully saturated rings. The Bertz CT molecular complexity index is 723. The van der Waals surface area contributed by atoms with Crippen molar-refractivity contribution in [3.8, 4) is 5.75 Å². The zero-order chi connectivity index (χ0) is 18.1. The minimum atomic E-state index is -0.116. The van der Waals surface area contributed by atoms with E-state index in [-0.39, 0.29) is 10.8 Å². The number of hydrogen-bond acceptors (Lipinski definition) is 2. The van der Waals surface area contributed by atoms with Gasteiger partial charge in [-0.25, -0.2) is 0 Å². The lowest BCUT2D eigenvalue weighted by molar-refractivity contribution is 0.423. The van der Waals surface area contributed by atoms with Gasteiger partial charge in [0.25, 0.3) is 0 Å². The Kier molecular flexibility index (Phi) is 4.89. The number of aromatic nitrogens is 1. The van der Waals surface area contributed by atoms with Gasteiger partial charge in [-0.3, -0.25) is 4.98 Å². The van der Waals surface area contributed by atoms with E-state index in [1.807, 2.05) is 31.2 Å². The first-order valence-electron chi connectivity index (χ1n) is 8.48. The Hall–Kier alpha value is -2.09. The van der Waals surface area contributed by atoms with Crippen LogP contribution in [0.25, 0.3) is 12.2 Å². The van der Waals surface area contributed by atoms with E-state index in [2.05, 4.69) is 64.7 Å². The van der Waals surface area contributed by atoms with Crippen molar-refractivity contribution in [3.05, 3.63) is 58.4 Å². The number of aromatic hydroxyl groups is 1. The van der Waals surface area contributed by atoms with E-state index in [0.717, 1.165) is 28.1 Å². The van der Waals surface area contributed by atoms with Crippen LogP contribution in [0.15, 0.2) is 30.3 Å². The summed E-state index contributed by atoms with van der Waals surface area (Å²) < 4.78 is 0. The highest BCUT2D eigenvalue weighted by molar-refractivity contribution is 5.70. The summed E-state index contributed by atoms with van der Waals surface area (Å²) in [5.41, 5.74) is 4.77. The molecule has 1 aromatic heterocycles. The quantitative estimate of drug-likeness (QED) is 0.750. The Morgan fingerprint density at radius 1 is 0.875 bits per heavy atom. The summed E-state index contributed by atoms with van der Waals surface area (Å²) in [7, 11) is 0. The lowest BCUT2D eigenvalue weighted by atomic mass is 9.78. The number of pyridine rings is 1. The van der Waals surface area contributed by atoms with Crippen molar-refractivity contribution in [2.75, 3.05) is 0 Å². The first-order valence-corrected chi connectivity index (χ1v) is 8.48. The highest BCUT2D eigenvalue weighted by Gasteiger charge is 2.26. The lowest BCUT2D eigenvalue weighted by Crippen LogP contribution is -2.17. The summed E-state index contributed by atoms with van der Waals surface area (Å²) in [6, 6.07) is 10.2. The predicted molar refractivity (Wildman–Crippen MR) is 103 cm³/mol. The van der Waals surface area contributed by atoms with Crippen molar-refractivity contribution >= 4 is 12.2 Å². The van der Waals surface area contributed by atoms with E-state index < -0.39 is 0 Å². The number of hydrogen-bond donors (Lipinski definition) is 1. The zero-order valence-electron chi connectivity index (χ0n) is 15.9. The minimum absolute atomic E-state index is 0.116. The minimum Gasteiger partial charge on any atom is -0.507 e. The monoisotopic (exact) mass is 323 g/mol. The fraction of sp³-hybridized carbons (Fsp3) is 0.409. The molecule has 0 atom stereocenters. The summed E-state index contributed by atoms with van der Waals surface area (Å²) in [6.07, 6.45) is 4.10.